The van der Waals surface area contributed by atoms with E-state index in [2.05, 4.69) is 0 Å². The summed E-state index contributed by atoms with van der Waals surface area (Å²) in [4.78, 5) is 42.8. The molecule has 4 aliphatic heterocycles. The largest absolute Gasteiger partial charge is 0.481 e. The maximum Gasteiger partial charge on any atom is 0.320 e. The lowest BCUT2D eigenvalue weighted by molar-refractivity contribution is -0.144. The van der Waals surface area contributed by atoms with Crippen molar-refractivity contribution in [3.05, 3.63) is 0 Å². The molecule has 7 nitrogen and oxygen atoms in total. The zero-order valence-electron chi connectivity index (χ0n) is 14.6. The van der Waals surface area contributed by atoms with Gasteiger partial charge in [-0.3, -0.25) is 9.59 Å². The Morgan fingerprint density at radius 2 is 1.60 bits per heavy atom. The van der Waals surface area contributed by atoms with Gasteiger partial charge < -0.3 is 19.8 Å². The van der Waals surface area contributed by atoms with Crippen LogP contribution in [0.1, 0.15) is 44.9 Å². The monoisotopic (exact) mass is 349 g/mol. The lowest BCUT2D eigenvalue weighted by atomic mass is 9.89. The van der Waals surface area contributed by atoms with Crippen molar-refractivity contribution in [2.75, 3.05) is 26.2 Å². The van der Waals surface area contributed by atoms with Crippen LogP contribution >= 0.6 is 0 Å². The average Bonchev–Trinajstić information content (AvgIpc) is 3.36. The molecule has 138 valence electrons. The summed E-state index contributed by atoms with van der Waals surface area (Å²) in [6.07, 6.45) is 6.10. The molecule has 0 aromatic carbocycles. The Balaban J connectivity index is 1.42. The van der Waals surface area contributed by atoms with Gasteiger partial charge in [-0.2, -0.15) is 0 Å². The standard InChI is InChI=1S/C18H27N3O4/c22-16(21-13-5-6-15(21)14(10-13)17(23)24)12-4-3-9-20(11-12)18(25)19-7-1-2-8-19/h12-15H,1-11H2,(H,23,24). The minimum Gasteiger partial charge on any atom is -0.481 e. The van der Waals surface area contributed by atoms with Crippen LogP contribution in [0.25, 0.3) is 0 Å². The Labute approximate surface area is 147 Å². The molecular weight excluding hydrogens is 322 g/mol. The minimum atomic E-state index is -0.778. The van der Waals surface area contributed by atoms with E-state index >= 15 is 0 Å². The molecule has 2 bridgehead atoms. The number of carboxylic acids is 1. The third kappa shape index (κ3) is 2.87. The topological polar surface area (TPSA) is 81.2 Å². The number of rotatable bonds is 2. The highest BCUT2D eigenvalue weighted by molar-refractivity contribution is 5.84. The van der Waals surface area contributed by atoms with Crippen LogP contribution in [0.3, 0.4) is 0 Å². The molecule has 4 unspecified atom stereocenters. The summed E-state index contributed by atoms with van der Waals surface area (Å²) in [5.74, 6) is -1.28. The molecule has 0 aromatic heterocycles. The Morgan fingerprint density at radius 1 is 0.880 bits per heavy atom. The van der Waals surface area contributed by atoms with Gasteiger partial charge in [0.15, 0.2) is 0 Å². The smallest absolute Gasteiger partial charge is 0.320 e. The van der Waals surface area contributed by atoms with E-state index < -0.39 is 11.9 Å². The summed E-state index contributed by atoms with van der Waals surface area (Å²) in [5.41, 5.74) is 0. The normalized spacial score (nSPS) is 34.6. The fourth-order valence-electron chi connectivity index (χ4n) is 5.27. The Bertz CT molecular complexity index is 575. The van der Waals surface area contributed by atoms with Crippen LogP contribution < -0.4 is 0 Å². The second-order valence-electron chi connectivity index (χ2n) is 7.99. The van der Waals surface area contributed by atoms with Gasteiger partial charge in [0.05, 0.1) is 11.8 Å². The highest BCUT2D eigenvalue weighted by Crippen LogP contribution is 2.43. The van der Waals surface area contributed by atoms with Crippen molar-refractivity contribution in [1.29, 1.82) is 0 Å². The summed E-state index contributed by atoms with van der Waals surface area (Å²) in [6.45, 7) is 2.86. The fourth-order valence-corrected chi connectivity index (χ4v) is 5.27. The van der Waals surface area contributed by atoms with Gasteiger partial charge in [0.2, 0.25) is 5.91 Å². The molecule has 0 spiro atoms. The minimum absolute atomic E-state index is 0.0720. The number of hydrogen-bond acceptors (Lipinski definition) is 3. The first-order valence-electron chi connectivity index (χ1n) is 9.65. The van der Waals surface area contributed by atoms with Gasteiger partial charge in [0, 0.05) is 38.3 Å². The van der Waals surface area contributed by atoms with Gasteiger partial charge in [-0.1, -0.05) is 0 Å². The van der Waals surface area contributed by atoms with Crippen molar-refractivity contribution >= 4 is 17.9 Å². The molecular formula is C18H27N3O4. The van der Waals surface area contributed by atoms with Crippen LogP contribution in [-0.2, 0) is 9.59 Å². The number of urea groups is 1. The van der Waals surface area contributed by atoms with Crippen LogP contribution in [0.4, 0.5) is 4.79 Å². The Morgan fingerprint density at radius 3 is 2.28 bits per heavy atom. The Kier molecular flexibility index (Phi) is 4.33. The maximum absolute atomic E-state index is 13.1. The number of carbonyl (C=O) groups is 3. The zero-order valence-corrected chi connectivity index (χ0v) is 14.6. The number of carboxylic acid groups (broad SMARTS) is 1. The van der Waals surface area contributed by atoms with E-state index in [1.807, 2.05) is 14.7 Å². The molecule has 7 heteroatoms. The number of likely N-dealkylation sites (tertiary alicyclic amines) is 2. The molecule has 0 aliphatic carbocycles. The predicted octanol–water partition coefficient (Wildman–Crippen LogP) is 1.38. The maximum atomic E-state index is 13.1. The van der Waals surface area contributed by atoms with Crippen LogP contribution in [0.5, 0.6) is 0 Å². The van der Waals surface area contributed by atoms with Crippen molar-refractivity contribution in [1.82, 2.24) is 14.7 Å². The lowest BCUT2D eigenvalue weighted by Gasteiger charge is -2.37. The van der Waals surface area contributed by atoms with E-state index in [9.17, 15) is 19.5 Å². The SMILES string of the molecule is O=C(O)C1CC2CCC1N2C(=O)C1CCCN(C(=O)N2CCCC2)C1. The lowest BCUT2D eigenvalue weighted by Crippen LogP contribution is -2.51. The van der Waals surface area contributed by atoms with Gasteiger partial charge in [0.1, 0.15) is 0 Å². The van der Waals surface area contributed by atoms with Crippen LogP contribution in [0.15, 0.2) is 0 Å². The molecule has 4 aliphatic rings. The Hall–Kier alpha value is -1.79. The van der Waals surface area contributed by atoms with Crippen LogP contribution in [0, 0.1) is 11.8 Å². The quantitative estimate of drug-likeness (QED) is 0.817. The molecule has 4 atom stereocenters. The van der Waals surface area contributed by atoms with Gasteiger partial charge in [-0.15, -0.1) is 0 Å². The summed E-state index contributed by atoms with van der Waals surface area (Å²) in [7, 11) is 0. The van der Waals surface area contributed by atoms with Gasteiger partial charge >= 0.3 is 12.0 Å². The molecule has 4 rings (SSSR count). The number of piperidine rings is 1. The van der Waals surface area contributed by atoms with Gasteiger partial charge in [0.25, 0.3) is 0 Å². The third-order valence-electron chi connectivity index (χ3n) is 6.53. The van der Waals surface area contributed by atoms with E-state index in [0.29, 0.717) is 13.0 Å². The highest BCUT2D eigenvalue weighted by atomic mass is 16.4. The molecule has 0 radical (unpaired) electrons. The molecule has 0 aromatic rings. The highest BCUT2D eigenvalue weighted by Gasteiger charge is 2.52. The predicted molar refractivity (Wildman–Crippen MR) is 89.9 cm³/mol. The third-order valence-corrected chi connectivity index (χ3v) is 6.53. The van der Waals surface area contributed by atoms with Crippen molar-refractivity contribution in [2.24, 2.45) is 11.8 Å². The van der Waals surface area contributed by atoms with Gasteiger partial charge in [-0.25, -0.2) is 4.79 Å². The van der Waals surface area contributed by atoms with E-state index in [0.717, 1.165) is 58.2 Å². The summed E-state index contributed by atoms with van der Waals surface area (Å²) in [6, 6.07) is 0.0192. The van der Waals surface area contributed by atoms with Crippen molar-refractivity contribution in [3.63, 3.8) is 0 Å². The fraction of sp³-hybridized carbons (Fsp3) is 0.833. The second-order valence-corrected chi connectivity index (χ2v) is 7.99. The summed E-state index contributed by atoms with van der Waals surface area (Å²) in [5, 5.41) is 9.38. The number of fused-ring (bicyclic) bond motifs is 2. The first kappa shape index (κ1) is 16.7. The number of carbonyl (C=O) groups excluding carboxylic acids is 2. The summed E-state index contributed by atoms with van der Waals surface area (Å²) >= 11 is 0. The number of amides is 3. The number of nitrogens with zero attached hydrogens (tertiary/aromatic N) is 3. The van der Waals surface area contributed by atoms with Crippen molar-refractivity contribution < 1.29 is 19.5 Å². The molecule has 25 heavy (non-hydrogen) atoms. The molecule has 4 fully saturated rings. The molecule has 3 amide bonds. The zero-order chi connectivity index (χ0) is 17.6. The molecule has 0 saturated carbocycles. The van der Waals surface area contributed by atoms with Crippen molar-refractivity contribution in [3.8, 4) is 0 Å². The van der Waals surface area contributed by atoms with E-state index in [4.69, 9.17) is 0 Å². The number of hydrogen-bond donors (Lipinski definition) is 1. The van der Waals surface area contributed by atoms with E-state index in [1.54, 1.807) is 0 Å². The summed E-state index contributed by atoms with van der Waals surface area (Å²) < 4.78 is 0. The first-order chi connectivity index (χ1) is 12.1. The first-order valence-corrected chi connectivity index (χ1v) is 9.65. The van der Waals surface area contributed by atoms with Crippen LogP contribution in [0.2, 0.25) is 0 Å². The van der Waals surface area contributed by atoms with Crippen LogP contribution in [-0.4, -0.2) is 76.0 Å². The van der Waals surface area contributed by atoms with E-state index in [-0.39, 0.29) is 29.9 Å². The second kappa shape index (κ2) is 6.50. The van der Waals surface area contributed by atoms with Gasteiger partial charge in [-0.05, 0) is 44.9 Å². The molecule has 4 saturated heterocycles. The van der Waals surface area contributed by atoms with Crippen molar-refractivity contribution in [2.45, 2.75) is 57.0 Å². The molecule has 1 N–H and O–H groups in total. The molecule has 4 heterocycles. The average molecular weight is 349 g/mol. The number of aliphatic carboxylic acids is 1. The van der Waals surface area contributed by atoms with E-state index in [1.165, 1.54) is 0 Å².